The van der Waals surface area contributed by atoms with Crippen LogP contribution in [0.2, 0.25) is 5.02 Å². The Bertz CT molecular complexity index is 977. The van der Waals surface area contributed by atoms with Crippen molar-refractivity contribution in [2.24, 2.45) is 0 Å². The summed E-state index contributed by atoms with van der Waals surface area (Å²) in [6.45, 7) is 8.89. The van der Waals surface area contributed by atoms with Crippen LogP contribution in [0.5, 0.6) is 0 Å². The molecule has 30 heavy (non-hydrogen) atoms. The van der Waals surface area contributed by atoms with Gasteiger partial charge in [-0.25, -0.2) is 0 Å². The average molecular weight is 430 g/mol. The van der Waals surface area contributed by atoms with Gasteiger partial charge in [0.05, 0.1) is 0 Å². The van der Waals surface area contributed by atoms with Crippen LogP contribution in [0.1, 0.15) is 71.9 Å². The zero-order valence-corrected chi connectivity index (χ0v) is 19.2. The first-order valence-corrected chi connectivity index (χ1v) is 11.2. The molecule has 1 aliphatic rings. The highest BCUT2D eigenvalue weighted by Crippen LogP contribution is 2.33. The van der Waals surface area contributed by atoms with Crippen LogP contribution in [0, 0.1) is 20.8 Å². The normalized spacial score (nSPS) is 14.6. The maximum absolute atomic E-state index is 13.0. The van der Waals surface area contributed by atoms with Crippen LogP contribution in [-0.2, 0) is 6.54 Å². The highest BCUT2D eigenvalue weighted by atomic mass is 35.5. The molecule has 162 valence electrons. The Morgan fingerprint density at radius 3 is 2.50 bits per heavy atom. The van der Waals surface area contributed by atoms with Gasteiger partial charge in [0.25, 0.3) is 5.91 Å². The van der Waals surface area contributed by atoms with Crippen molar-refractivity contribution >= 4 is 23.2 Å². The van der Waals surface area contributed by atoms with Gasteiger partial charge in [-0.15, -0.1) is 0 Å². The van der Waals surface area contributed by atoms with Crippen LogP contribution < -0.4 is 15.6 Å². The van der Waals surface area contributed by atoms with Crippen LogP contribution in [0.15, 0.2) is 23.0 Å². The molecule has 1 fully saturated rings. The van der Waals surface area contributed by atoms with Crippen molar-refractivity contribution in [1.29, 1.82) is 0 Å². The van der Waals surface area contributed by atoms with Gasteiger partial charge in [-0.05, 0) is 58.2 Å². The molecule has 6 heteroatoms. The van der Waals surface area contributed by atoms with Crippen LogP contribution >= 0.6 is 11.6 Å². The quantitative estimate of drug-likeness (QED) is 0.675. The van der Waals surface area contributed by atoms with Gasteiger partial charge in [-0.1, -0.05) is 30.9 Å². The van der Waals surface area contributed by atoms with Crippen molar-refractivity contribution in [1.82, 2.24) is 10.3 Å². The Hall–Kier alpha value is -2.27. The number of hydrogen-bond acceptors (Lipinski definition) is 3. The molecule has 0 spiro atoms. The number of amides is 1. The summed E-state index contributed by atoms with van der Waals surface area (Å²) >= 11 is 6.43. The minimum Gasteiger partial charge on any atom is -0.369 e. The lowest BCUT2D eigenvalue weighted by atomic mass is 9.93. The molecular weight excluding hydrogens is 398 g/mol. The number of nitrogens with zero attached hydrogens (tertiary/aromatic N) is 1. The number of carbonyl (C=O) groups is 1. The van der Waals surface area contributed by atoms with E-state index in [1.807, 2.05) is 26.8 Å². The molecular formula is C24H32ClN3O2. The van der Waals surface area contributed by atoms with Crippen molar-refractivity contribution in [2.45, 2.75) is 72.4 Å². The molecule has 0 saturated heterocycles. The van der Waals surface area contributed by atoms with Crippen LogP contribution in [0.3, 0.4) is 0 Å². The molecule has 0 bridgehead atoms. The van der Waals surface area contributed by atoms with Gasteiger partial charge >= 0.3 is 0 Å². The monoisotopic (exact) mass is 429 g/mol. The van der Waals surface area contributed by atoms with E-state index in [4.69, 9.17) is 11.6 Å². The zero-order chi connectivity index (χ0) is 21.8. The number of aromatic amines is 1. The molecule has 2 aromatic rings. The number of H-pyrrole nitrogens is 1. The van der Waals surface area contributed by atoms with Gasteiger partial charge in [0.15, 0.2) is 5.43 Å². The molecule has 1 aromatic heterocycles. The van der Waals surface area contributed by atoms with E-state index in [2.05, 4.69) is 22.1 Å². The Kier molecular flexibility index (Phi) is 7.24. The van der Waals surface area contributed by atoms with Gasteiger partial charge in [-0.3, -0.25) is 9.59 Å². The van der Waals surface area contributed by atoms with E-state index in [0.29, 0.717) is 22.2 Å². The number of pyridine rings is 1. The third-order valence-electron chi connectivity index (χ3n) is 6.16. The number of carbonyl (C=O) groups excluding carboxylic acids is 1. The summed E-state index contributed by atoms with van der Waals surface area (Å²) < 4.78 is 0. The zero-order valence-electron chi connectivity index (χ0n) is 18.4. The average Bonchev–Trinajstić information content (AvgIpc) is 2.70. The van der Waals surface area contributed by atoms with E-state index < -0.39 is 0 Å². The lowest BCUT2D eigenvalue weighted by molar-refractivity contribution is 0.0950. The second-order valence-corrected chi connectivity index (χ2v) is 8.71. The lowest BCUT2D eigenvalue weighted by Gasteiger charge is -2.36. The maximum atomic E-state index is 13.0. The van der Waals surface area contributed by atoms with Gasteiger partial charge in [0, 0.05) is 58.4 Å². The number of benzene rings is 1. The summed E-state index contributed by atoms with van der Waals surface area (Å²) in [6.07, 6.45) is 6.15. The summed E-state index contributed by atoms with van der Waals surface area (Å²) in [5, 5.41) is 3.47. The SMILES string of the molecule is CCN(c1cc(Cl)cc(C(=O)NCc2c(C)[nH]c(C)cc2=O)c1C)C1CCCCC1. The smallest absolute Gasteiger partial charge is 0.251 e. The summed E-state index contributed by atoms with van der Waals surface area (Å²) in [6, 6.07) is 5.74. The molecule has 1 aromatic carbocycles. The molecule has 3 rings (SSSR count). The maximum Gasteiger partial charge on any atom is 0.251 e. The fourth-order valence-corrected chi connectivity index (χ4v) is 4.79. The van der Waals surface area contributed by atoms with E-state index in [1.54, 1.807) is 12.1 Å². The van der Waals surface area contributed by atoms with E-state index >= 15 is 0 Å². The number of hydrogen-bond donors (Lipinski definition) is 2. The second-order valence-electron chi connectivity index (χ2n) is 8.28. The Labute approximate surface area is 183 Å². The van der Waals surface area contributed by atoms with Crippen LogP contribution in [0.4, 0.5) is 5.69 Å². The molecule has 0 atom stereocenters. The van der Waals surface area contributed by atoms with Crippen molar-refractivity contribution in [3.63, 3.8) is 0 Å². The lowest BCUT2D eigenvalue weighted by Crippen LogP contribution is -2.37. The van der Waals surface area contributed by atoms with Crippen LogP contribution in [0.25, 0.3) is 0 Å². The summed E-state index contributed by atoms with van der Waals surface area (Å²) in [5.74, 6) is -0.213. The van der Waals surface area contributed by atoms with Gasteiger partial charge in [-0.2, -0.15) is 0 Å². The minimum absolute atomic E-state index is 0.0676. The third kappa shape index (κ3) is 4.89. The molecule has 1 heterocycles. The van der Waals surface area contributed by atoms with Crippen molar-refractivity contribution < 1.29 is 4.79 Å². The molecule has 2 N–H and O–H groups in total. The number of aromatic nitrogens is 1. The summed E-state index contributed by atoms with van der Waals surface area (Å²) in [5.41, 5.74) is 4.62. The first-order chi connectivity index (χ1) is 14.3. The number of aryl methyl sites for hydroxylation is 2. The van der Waals surface area contributed by atoms with E-state index in [0.717, 1.165) is 29.2 Å². The topological polar surface area (TPSA) is 65.2 Å². The molecule has 0 radical (unpaired) electrons. The largest absolute Gasteiger partial charge is 0.369 e. The highest BCUT2D eigenvalue weighted by Gasteiger charge is 2.24. The fraction of sp³-hybridized carbons (Fsp3) is 0.500. The molecule has 1 saturated carbocycles. The van der Waals surface area contributed by atoms with Crippen molar-refractivity contribution in [3.8, 4) is 0 Å². The third-order valence-corrected chi connectivity index (χ3v) is 6.38. The van der Waals surface area contributed by atoms with E-state index in [1.165, 1.54) is 32.1 Å². The number of rotatable bonds is 6. The molecule has 5 nitrogen and oxygen atoms in total. The summed E-state index contributed by atoms with van der Waals surface area (Å²) in [7, 11) is 0. The predicted octanol–water partition coefficient (Wildman–Crippen LogP) is 5.04. The molecule has 0 aliphatic heterocycles. The molecule has 1 aliphatic carbocycles. The Morgan fingerprint density at radius 2 is 1.87 bits per heavy atom. The van der Waals surface area contributed by atoms with E-state index in [-0.39, 0.29) is 17.9 Å². The number of halogens is 1. The first kappa shape index (κ1) is 22.4. The van der Waals surface area contributed by atoms with Gasteiger partial charge in [0.1, 0.15) is 0 Å². The van der Waals surface area contributed by atoms with Gasteiger partial charge in [0.2, 0.25) is 0 Å². The molecule has 1 amide bonds. The fourth-order valence-electron chi connectivity index (χ4n) is 4.58. The second kappa shape index (κ2) is 9.69. The Morgan fingerprint density at radius 1 is 1.17 bits per heavy atom. The van der Waals surface area contributed by atoms with Crippen LogP contribution in [-0.4, -0.2) is 23.5 Å². The predicted molar refractivity (Wildman–Crippen MR) is 124 cm³/mol. The number of anilines is 1. The minimum atomic E-state index is -0.213. The highest BCUT2D eigenvalue weighted by molar-refractivity contribution is 6.31. The number of nitrogens with one attached hydrogen (secondary N) is 2. The standard InChI is InChI=1S/C24H32ClN3O2/c1-5-28(19-9-7-6-8-10-19)22-13-18(25)12-20(16(22)3)24(30)26-14-21-17(4)27-15(2)11-23(21)29/h11-13,19H,5-10,14H2,1-4H3,(H,26,30)(H,27,29). The van der Waals surface area contributed by atoms with E-state index in [9.17, 15) is 9.59 Å². The van der Waals surface area contributed by atoms with Crippen molar-refractivity contribution in [3.05, 3.63) is 61.5 Å². The first-order valence-electron chi connectivity index (χ1n) is 10.9. The molecule has 0 unspecified atom stereocenters. The van der Waals surface area contributed by atoms with Crippen molar-refractivity contribution in [2.75, 3.05) is 11.4 Å². The Balaban J connectivity index is 1.85. The van der Waals surface area contributed by atoms with Gasteiger partial charge < -0.3 is 15.2 Å². The summed E-state index contributed by atoms with van der Waals surface area (Å²) in [4.78, 5) is 30.9.